The predicted molar refractivity (Wildman–Crippen MR) is 114 cm³/mol. The Balaban J connectivity index is 1.36. The number of anilines is 1. The fraction of sp³-hybridized carbons (Fsp3) is 0.591. The molecule has 0 aliphatic carbocycles. The Morgan fingerprint density at radius 3 is 2.38 bits per heavy atom. The molecule has 2 N–H and O–H groups in total. The van der Waals surface area contributed by atoms with Crippen LogP contribution in [-0.4, -0.2) is 91.5 Å². The zero-order valence-electron chi connectivity index (χ0n) is 18.0. The number of carbonyl (C=O) groups excluding carboxylic acids is 3. The fourth-order valence-electron chi connectivity index (χ4n) is 4.64. The molecule has 10 nitrogen and oxygen atoms in total. The maximum Gasteiger partial charge on any atom is 0.410 e. The second-order valence-electron chi connectivity index (χ2n) is 8.44. The van der Waals surface area contributed by atoms with Gasteiger partial charge >= 0.3 is 6.09 Å². The lowest BCUT2D eigenvalue weighted by atomic mass is 9.83. The molecule has 0 radical (unpaired) electrons. The molecule has 0 bridgehead atoms. The number of hydrogen-bond donors (Lipinski definition) is 2. The van der Waals surface area contributed by atoms with Gasteiger partial charge in [0.1, 0.15) is 6.10 Å². The highest BCUT2D eigenvalue weighted by Crippen LogP contribution is 2.28. The Morgan fingerprint density at radius 1 is 0.969 bits per heavy atom. The van der Waals surface area contributed by atoms with Crippen molar-refractivity contribution in [3.05, 3.63) is 30.3 Å². The number of nitrogens with one attached hydrogen (secondary N) is 1. The molecule has 174 valence electrons. The molecule has 10 heteroatoms. The molecule has 32 heavy (non-hydrogen) atoms. The Kier molecular flexibility index (Phi) is 7.11. The fourth-order valence-corrected chi connectivity index (χ4v) is 4.64. The molecule has 4 rings (SSSR count). The average Bonchev–Trinajstić information content (AvgIpc) is 3.36. The van der Waals surface area contributed by atoms with E-state index >= 15 is 0 Å². The van der Waals surface area contributed by atoms with Gasteiger partial charge in [-0.3, -0.25) is 14.8 Å². The minimum absolute atomic E-state index is 0.0270. The van der Waals surface area contributed by atoms with E-state index in [4.69, 9.17) is 9.47 Å². The van der Waals surface area contributed by atoms with Crippen molar-refractivity contribution in [1.29, 1.82) is 0 Å². The first-order chi connectivity index (χ1) is 15.6. The molecule has 3 saturated heterocycles. The summed E-state index contributed by atoms with van der Waals surface area (Å²) in [6, 6.07) is 10.0. The molecule has 0 aromatic heterocycles. The lowest BCUT2D eigenvalue weighted by molar-refractivity contribution is -0.148. The van der Waals surface area contributed by atoms with Gasteiger partial charge in [-0.1, -0.05) is 18.2 Å². The third kappa shape index (κ3) is 4.97. The van der Waals surface area contributed by atoms with Crippen LogP contribution in [0.3, 0.4) is 0 Å². The van der Waals surface area contributed by atoms with Gasteiger partial charge in [0, 0.05) is 51.4 Å². The van der Waals surface area contributed by atoms with Crippen molar-refractivity contribution in [3.8, 4) is 0 Å². The second kappa shape index (κ2) is 10.2. The van der Waals surface area contributed by atoms with Gasteiger partial charge in [-0.15, -0.1) is 0 Å². The van der Waals surface area contributed by atoms with E-state index in [1.54, 1.807) is 10.4 Å². The number of nitrogens with zero attached hydrogens (tertiary/aromatic N) is 3. The Morgan fingerprint density at radius 2 is 1.72 bits per heavy atom. The monoisotopic (exact) mass is 446 g/mol. The Bertz CT molecular complexity index is 808. The van der Waals surface area contributed by atoms with Gasteiger partial charge in [0.05, 0.1) is 25.0 Å². The summed E-state index contributed by atoms with van der Waals surface area (Å²) in [6.07, 6.45) is 0.189. The third-order valence-corrected chi connectivity index (χ3v) is 6.50. The molecule has 3 heterocycles. The van der Waals surface area contributed by atoms with Crippen LogP contribution in [0.2, 0.25) is 0 Å². The SMILES string of the molecule is O=C(NO)[C@H]1CN(C(=O)O[C@@H]2CCOC2)CC[C@@H]1C(=O)N1CCN(c2ccccc2)CC1. The molecule has 3 aliphatic rings. The predicted octanol–water partition coefficient (Wildman–Crippen LogP) is 0.704. The van der Waals surface area contributed by atoms with E-state index in [-0.39, 0.29) is 18.6 Å². The summed E-state index contributed by atoms with van der Waals surface area (Å²) < 4.78 is 10.7. The number of hydrogen-bond acceptors (Lipinski definition) is 7. The van der Waals surface area contributed by atoms with Gasteiger partial charge < -0.3 is 24.2 Å². The van der Waals surface area contributed by atoms with E-state index < -0.39 is 23.8 Å². The van der Waals surface area contributed by atoms with E-state index in [0.717, 1.165) is 5.69 Å². The number of ether oxygens (including phenoxy) is 2. The van der Waals surface area contributed by atoms with Crippen molar-refractivity contribution in [2.24, 2.45) is 11.8 Å². The summed E-state index contributed by atoms with van der Waals surface area (Å²) in [5.74, 6) is -2.19. The maximum atomic E-state index is 13.3. The van der Waals surface area contributed by atoms with Crippen LogP contribution < -0.4 is 10.4 Å². The molecule has 3 aliphatic heterocycles. The number of carbonyl (C=O) groups is 3. The number of piperidine rings is 1. The van der Waals surface area contributed by atoms with Crippen LogP contribution in [-0.2, 0) is 19.1 Å². The summed E-state index contributed by atoms with van der Waals surface area (Å²) in [6.45, 7) is 3.82. The Labute approximate surface area is 187 Å². The van der Waals surface area contributed by atoms with Crippen LogP contribution in [0.5, 0.6) is 0 Å². The summed E-state index contributed by atoms with van der Waals surface area (Å²) in [7, 11) is 0. The van der Waals surface area contributed by atoms with Gasteiger partial charge in [-0.25, -0.2) is 10.3 Å². The Hall–Kier alpha value is -2.85. The number of rotatable bonds is 4. The van der Waals surface area contributed by atoms with Crippen LogP contribution in [0, 0.1) is 11.8 Å². The zero-order chi connectivity index (χ0) is 22.5. The quantitative estimate of drug-likeness (QED) is 0.517. The molecule has 3 fully saturated rings. The lowest BCUT2D eigenvalue weighted by Gasteiger charge is -2.41. The van der Waals surface area contributed by atoms with E-state index in [1.807, 2.05) is 30.3 Å². The summed E-state index contributed by atoms with van der Waals surface area (Å²) in [4.78, 5) is 43.6. The van der Waals surface area contributed by atoms with E-state index in [2.05, 4.69) is 4.90 Å². The van der Waals surface area contributed by atoms with Crippen molar-refractivity contribution in [1.82, 2.24) is 15.3 Å². The van der Waals surface area contributed by atoms with Crippen molar-refractivity contribution < 1.29 is 29.1 Å². The molecule has 0 unspecified atom stereocenters. The number of piperazine rings is 1. The lowest BCUT2D eigenvalue weighted by Crippen LogP contribution is -2.56. The van der Waals surface area contributed by atoms with Gasteiger partial charge in [0.2, 0.25) is 11.8 Å². The van der Waals surface area contributed by atoms with Crippen LogP contribution in [0.1, 0.15) is 12.8 Å². The highest BCUT2D eigenvalue weighted by molar-refractivity contribution is 5.88. The van der Waals surface area contributed by atoms with Gasteiger partial charge in [-0.05, 0) is 18.6 Å². The highest BCUT2D eigenvalue weighted by Gasteiger charge is 2.42. The summed E-state index contributed by atoms with van der Waals surface area (Å²) in [5.41, 5.74) is 2.79. The molecule has 0 spiro atoms. The number of para-hydroxylation sites is 1. The first kappa shape index (κ1) is 22.3. The summed E-state index contributed by atoms with van der Waals surface area (Å²) >= 11 is 0. The number of hydroxylamine groups is 1. The third-order valence-electron chi connectivity index (χ3n) is 6.50. The van der Waals surface area contributed by atoms with E-state index in [0.29, 0.717) is 58.8 Å². The molecular weight excluding hydrogens is 416 g/mol. The standard InChI is InChI=1S/C22H30N4O6/c27-20(23-30)19-14-26(22(29)32-17-7-13-31-15-17)8-6-18(19)21(28)25-11-9-24(10-12-25)16-4-2-1-3-5-16/h1-5,17-19,30H,6-15H2,(H,23,27)/t17-,18+,19+/m1/s1. The first-order valence-electron chi connectivity index (χ1n) is 11.1. The second-order valence-corrected chi connectivity index (χ2v) is 8.44. The zero-order valence-corrected chi connectivity index (χ0v) is 18.0. The van der Waals surface area contributed by atoms with Gasteiger partial charge in [-0.2, -0.15) is 0 Å². The van der Waals surface area contributed by atoms with Crippen molar-refractivity contribution in [2.75, 3.05) is 57.4 Å². The minimum atomic E-state index is -0.833. The van der Waals surface area contributed by atoms with Gasteiger partial charge in [0.25, 0.3) is 0 Å². The highest BCUT2D eigenvalue weighted by atomic mass is 16.6. The molecule has 3 amide bonds. The average molecular weight is 447 g/mol. The van der Waals surface area contributed by atoms with E-state index in [9.17, 15) is 19.6 Å². The van der Waals surface area contributed by atoms with Crippen LogP contribution in [0.25, 0.3) is 0 Å². The minimum Gasteiger partial charge on any atom is -0.444 e. The molecular formula is C22H30N4O6. The number of benzene rings is 1. The molecule has 0 saturated carbocycles. The topological polar surface area (TPSA) is 112 Å². The van der Waals surface area contributed by atoms with Gasteiger partial charge in [0.15, 0.2) is 0 Å². The molecule has 1 aromatic rings. The number of likely N-dealkylation sites (tertiary alicyclic amines) is 1. The van der Waals surface area contributed by atoms with Crippen molar-refractivity contribution in [2.45, 2.75) is 18.9 Å². The van der Waals surface area contributed by atoms with Crippen LogP contribution in [0.4, 0.5) is 10.5 Å². The van der Waals surface area contributed by atoms with Crippen molar-refractivity contribution in [3.63, 3.8) is 0 Å². The normalized spacial score (nSPS) is 26.0. The largest absolute Gasteiger partial charge is 0.444 e. The van der Waals surface area contributed by atoms with E-state index in [1.165, 1.54) is 4.90 Å². The van der Waals surface area contributed by atoms with Crippen molar-refractivity contribution >= 4 is 23.6 Å². The maximum absolute atomic E-state index is 13.3. The number of amides is 3. The molecule has 1 aromatic carbocycles. The first-order valence-corrected chi connectivity index (χ1v) is 11.1. The molecule has 3 atom stereocenters. The van der Waals surface area contributed by atoms with Crippen LogP contribution in [0.15, 0.2) is 30.3 Å². The summed E-state index contributed by atoms with van der Waals surface area (Å²) in [5, 5.41) is 9.23. The smallest absolute Gasteiger partial charge is 0.410 e. The van der Waals surface area contributed by atoms with Crippen LogP contribution >= 0.6 is 0 Å².